The summed E-state index contributed by atoms with van der Waals surface area (Å²) in [7, 11) is 0. The SMILES string of the molecule is CC1=CCC(C(C)[C@H]2CC[C@@]3(C)C4CCC5[C@@]6(CC[C@H](O[C@@H]7O[C@H](CO)[C@@H](O)[C@H](O)[C@H]7O)[C@@]5(C)C(=O)O)C[C@@]46CC[C@]23C)OC1=O. The minimum atomic E-state index is -1.58. The fourth-order valence-electron chi connectivity index (χ4n) is 13.0. The summed E-state index contributed by atoms with van der Waals surface area (Å²) in [6.45, 7) is 10.3. The number of hydrogen-bond donors (Lipinski definition) is 5. The lowest BCUT2D eigenvalue weighted by Crippen LogP contribution is -2.63. The fraction of sp³-hybridized carbons (Fsp3) is 0.889. The van der Waals surface area contributed by atoms with Crippen molar-refractivity contribution in [3.8, 4) is 0 Å². The van der Waals surface area contributed by atoms with E-state index in [1.807, 2.05) is 13.0 Å². The summed E-state index contributed by atoms with van der Waals surface area (Å²) in [5.41, 5.74) is -0.273. The van der Waals surface area contributed by atoms with Gasteiger partial charge < -0.3 is 39.7 Å². The number of aliphatic hydroxyl groups is 4. The van der Waals surface area contributed by atoms with Gasteiger partial charge in [0.05, 0.1) is 18.1 Å². The molecule has 0 bridgehead atoms. The highest BCUT2D eigenvalue weighted by molar-refractivity contribution is 5.88. The van der Waals surface area contributed by atoms with E-state index < -0.39 is 54.8 Å². The van der Waals surface area contributed by atoms with E-state index in [-0.39, 0.29) is 45.6 Å². The molecule has 2 spiro atoms. The van der Waals surface area contributed by atoms with E-state index in [0.717, 1.165) is 57.8 Å². The number of fused-ring (bicyclic) bond motifs is 2. The average Bonchev–Trinajstić information content (AvgIpc) is 3.61. The second-order valence-corrected chi connectivity index (χ2v) is 17.0. The molecule has 46 heavy (non-hydrogen) atoms. The largest absolute Gasteiger partial charge is 0.481 e. The maximum absolute atomic E-state index is 13.3. The predicted molar refractivity (Wildman–Crippen MR) is 165 cm³/mol. The third-order valence-electron chi connectivity index (χ3n) is 15.8. The third kappa shape index (κ3) is 4.09. The number of hydrogen-bond acceptors (Lipinski definition) is 9. The molecule has 0 radical (unpaired) electrons. The molecule has 10 nitrogen and oxygen atoms in total. The summed E-state index contributed by atoms with van der Waals surface area (Å²) in [6.07, 6.45) is 3.43. The molecule has 4 unspecified atom stereocenters. The van der Waals surface area contributed by atoms with Gasteiger partial charge in [-0.3, -0.25) is 4.79 Å². The van der Waals surface area contributed by atoms with Crippen molar-refractivity contribution in [3.63, 3.8) is 0 Å². The highest BCUT2D eigenvalue weighted by Gasteiger charge is 2.83. The Kier molecular flexibility index (Phi) is 7.68. The molecule has 7 aliphatic rings. The van der Waals surface area contributed by atoms with Gasteiger partial charge in [-0.15, -0.1) is 0 Å². The van der Waals surface area contributed by atoms with Crippen molar-refractivity contribution in [1.29, 1.82) is 0 Å². The number of esters is 1. The van der Waals surface area contributed by atoms with Gasteiger partial charge in [0.15, 0.2) is 6.29 Å². The monoisotopic (exact) mass is 646 g/mol. The van der Waals surface area contributed by atoms with E-state index in [1.54, 1.807) is 6.92 Å². The molecule has 16 atom stereocenters. The van der Waals surface area contributed by atoms with Crippen molar-refractivity contribution in [1.82, 2.24) is 0 Å². The first kappa shape index (κ1) is 33.0. The maximum Gasteiger partial charge on any atom is 0.333 e. The van der Waals surface area contributed by atoms with Crippen molar-refractivity contribution in [3.05, 3.63) is 11.6 Å². The molecule has 5 aliphatic carbocycles. The van der Waals surface area contributed by atoms with Gasteiger partial charge in [-0.25, -0.2) is 4.79 Å². The standard InChI is InChI=1S/C36H54O10/c1-18-6-7-21(44-29(18)41)19(2)20-10-12-33(4)23-8-9-24-34(5,31(42)43)25(46-30-28(40)27(39)26(38)22(16-37)45-30)11-13-35(24)17-36(23,35)15-14-32(20,33)3/h6,19-28,30,37-40H,7-17H2,1-5H3,(H,42,43)/t19?,20-,21?,22-,23?,24?,25+,26-,27+,28-,30+,32-,33+,34+,35-,36+/m1/s1. The van der Waals surface area contributed by atoms with Crippen LogP contribution in [0.1, 0.15) is 98.8 Å². The van der Waals surface area contributed by atoms with Gasteiger partial charge in [0.2, 0.25) is 0 Å². The topological polar surface area (TPSA) is 163 Å². The second kappa shape index (κ2) is 10.7. The highest BCUT2D eigenvalue weighted by atomic mass is 16.7. The molecule has 0 amide bonds. The normalized spacial score (nSPS) is 55.2. The lowest BCUT2D eigenvalue weighted by atomic mass is 9.41. The van der Waals surface area contributed by atoms with Gasteiger partial charge in [-0.1, -0.05) is 26.8 Å². The van der Waals surface area contributed by atoms with Crippen LogP contribution in [0.5, 0.6) is 0 Å². The molecular weight excluding hydrogens is 592 g/mol. The number of carbonyl (C=O) groups is 2. The molecule has 5 N–H and O–H groups in total. The molecule has 0 aromatic heterocycles. The predicted octanol–water partition coefficient (Wildman–Crippen LogP) is 3.57. The van der Waals surface area contributed by atoms with E-state index in [9.17, 15) is 35.1 Å². The summed E-state index contributed by atoms with van der Waals surface area (Å²) >= 11 is 0. The summed E-state index contributed by atoms with van der Waals surface area (Å²) in [4.78, 5) is 25.7. The number of carboxylic acids is 1. The van der Waals surface area contributed by atoms with Crippen LogP contribution < -0.4 is 0 Å². The number of cyclic esters (lactones) is 1. The molecule has 6 fully saturated rings. The first-order chi connectivity index (χ1) is 21.6. The Morgan fingerprint density at radius 1 is 0.957 bits per heavy atom. The van der Waals surface area contributed by atoms with E-state index in [1.165, 1.54) is 0 Å². The molecule has 2 heterocycles. The molecule has 0 aromatic rings. The molecule has 7 rings (SSSR count). The van der Waals surface area contributed by atoms with Crippen LogP contribution in [0.2, 0.25) is 0 Å². The molecular formula is C36H54O10. The van der Waals surface area contributed by atoms with Gasteiger partial charge in [-0.2, -0.15) is 0 Å². The summed E-state index contributed by atoms with van der Waals surface area (Å²) in [5.74, 6) is 0.0206. The Hall–Kier alpha value is -1.56. The number of aliphatic hydroxyl groups excluding tert-OH is 4. The summed E-state index contributed by atoms with van der Waals surface area (Å²) < 4.78 is 17.9. The first-order valence-corrected chi connectivity index (χ1v) is 17.7. The Balaban J connectivity index is 1.13. The summed E-state index contributed by atoms with van der Waals surface area (Å²) in [6, 6.07) is 0. The fourth-order valence-corrected chi connectivity index (χ4v) is 13.0. The van der Waals surface area contributed by atoms with Crippen LogP contribution >= 0.6 is 0 Å². The van der Waals surface area contributed by atoms with E-state index in [4.69, 9.17) is 14.2 Å². The van der Waals surface area contributed by atoms with Gasteiger partial charge in [0.25, 0.3) is 0 Å². The highest BCUT2D eigenvalue weighted by Crippen LogP contribution is 2.89. The molecule has 2 aliphatic heterocycles. The Labute approximate surface area is 271 Å². The average molecular weight is 647 g/mol. The van der Waals surface area contributed by atoms with E-state index >= 15 is 0 Å². The lowest BCUT2D eigenvalue weighted by Gasteiger charge is -2.63. The van der Waals surface area contributed by atoms with Crippen molar-refractivity contribution in [2.24, 2.45) is 50.7 Å². The van der Waals surface area contributed by atoms with E-state index in [2.05, 4.69) is 20.8 Å². The van der Waals surface area contributed by atoms with Gasteiger partial charge in [0, 0.05) is 12.0 Å². The number of carboxylic acid groups (broad SMARTS) is 1. The number of ether oxygens (including phenoxy) is 3. The van der Waals surface area contributed by atoms with Crippen LogP contribution in [0.4, 0.5) is 0 Å². The summed E-state index contributed by atoms with van der Waals surface area (Å²) in [5, 5.41) is 51.8. The van der Waals surface area contributed by atoms with Crippen molar-refractivity contribution < 1.29 is 49.3 Å². The minimum Gasteiger partial charge on any atom is -0.481 e. The van der Waals surface area contributed by atoms with Crippen molar-refractivity contribution in [2.45, 2.75) is 142 Å². The molecule has 1 saturated heterocycles. The molecule has 0 aromatic carbocycles. The van der Waals surface area contributed by atoms with Gasteiger partial charge in [-0.05, 0) is 117 Å². The molecule has 10 heteroatoms. The first-order valence-electron chi connectivity index (χ1n) is 17.7. The van der Waals surface area contributed by atoms with Crippen LogP contribution in [-0.2, 0) is 23.8 Å². The third-order valence-corrected chi connectivity index (χ3v) is 15.8. The van der Waals surface area contributed by atoms with E-state index in [0.29, 0.717) is 23.8 Å². The van der Waals surface area contributed by atoms with Crippen LogP contribution in [-0.4, -0.2) is 87.0 Å². The second-order valence-electron chi connectivity index (χ2n) is 17.0. The zero-order valence-corrected chi connectivity index (χ0v) is 28.0. The minimum absolute atomic E-state index is 0.0758. The van der Waals surface area contributed by atoms with Crippen molar-refractivity contribution >= 4 is 11.9 Å². The maximum atomic E-state index is 13.3. The number of carbonyl (C=O) groups excluding carboxylic acids is 1. The number of rotatable bonds is 6. The Morgan fingerprint density at radius 2 is 1.65 bits per heavy atom. The zero-order chi connectivity index (χ0) is 33.2. The number of aliphatic carboxylic acids is 1. The Bertz CT molecular complexity index is 1300. The van der Waals surface area contributed by atoms with Crippen molar-refractivity contribution in [2.75, 3.05) is 6.61 Å². The van der Waals surface area contributed by atoms with Crippen LogP contribution in [0, 0.1) is 50.7 Å². The zero-order valence-electron chi connectivity index (χ0n) is 28.0. The Morgan fingerprint density at radius 3 is 2.33 bits per heavy atom. The van der Waals surface area contributed by atoms with Gasteiger partial charge in [0.1, 0.15) is 30.5 Å². The lowest BCUT2D eigenvalue weighted by molar-refractivity contribution is -0.326. The van der Waals surface area contributed by atoms with Gasteiger partial charge >= 0.3 is 11.9 Å². The smallest absolute Gasteiger partial charge is 0.333 e. The molecule has 5 saturated carbocycles. The quantitative estimate of drug-likeness (QED) is 0.213. The van der Waals surface area contributed by atoms with Crippen LogP contribution in [0.25, 0.3) is 0 Å². The van der Waals surface area contributed by atoms with Crippen LogP contribution in [0.15, 0.2) is 11.6 Å². The van der Waals surface area contributed by atoms with Crippen LogP contribution in [0.3, 0.4) is 0 Å². The molecule has 258 valence electrons.